The first kappa shape index (κ1) is 7.22. The number of carbonyl (C=O) groups excluding carboxylic acids is 1. The van der Waals surface area contributed by atoms with Gasteiger partial charge in [0.15, 0.2) is 0 Å². The predicted molar refractivity (Wildman–Crippen MR) is 37.5 cm³/mol. The normalized spacial score (nSPS) is 8.64. The molecule has 1 aromatic rings. The molecule has 1 aromatic heterocycles. The number of nitriles is 1. The van der Waals surface area contributed by atoms with Gasteiger partial charge >= 0.3 is 0 Å². The Kier molecular flexibility index (Phi) is 1.83. The number of nitrogens with two attached hydrogens (primary N) is 1. The lowest BCUT2D eigenvalue weighted by Crippen LogP contribution is -2.11. The average Bonchev–Trinajstić information content (AvgIpc) is 2.05. The van der Waals surface area contributed by atoms with Crippen LogP contribution >= 0.6 is 0 Å². The second-order valence-corrected chi connectivity index (χ2v) is 1.91. The van der Waals surface area contributed by atoms with Crippen LogP contribution in [0.1, 0.15) is 16.1 Å². The highest BCUT2D eigenvalue weighted by atomic mass is 16.1. The summed E-state index contributed by atoms with van der Waals surface area (Å²) in [6, 6.07) is 4.61. The van der Waals surface area contributed by atoms with E-state index in [1.54, 1.807) is 6.07 Å². The van der Waals surface area contributed by atoms with E-state index in [0.717, 1.165) is 0 Å². The molecule has 54 valence electrons. The molecule has 4 heteroatoms. The minimum atomic E-state index is -0.552. The molecule has 0 fully saturated rings. The molecule has 0 aromatic carbocycles. The summed E-state index contributed by atoms with van der Waals surface area (Å²) in [6.07, 6.45) is 1.37. The highest BCUT2D eigenvalue weighted by Gasteiger charge is 2.00. The molecule has 0 aliphatic heterocycles. The van der Waals surface area contributed by atoms with Gasteiger partial charge in [0, 0.05) is 11.8 Å². The quantitative estimate of drug-likeness (QED) is 0.609. The number of nitrogens with zero attached hydrogens (tertiary/aromatic N) is 2. The van der Waals surface area contributed by atoms with E-state index in [2.05, 4.69) is 4.98 Å². The molecular formula is C7H5N3O. The van der Waals surface area contributed by atoms with Crippen molar-refractivity contribution in [3.8, 4) is 6.07 Å². The van der Waals surface area contributed by atoms with Crippen LogP contribution < -0.4 is 5.73 Å². The van der Waals surface area contributed by atoms with Gasteiger partial charge in [0.2, 0.25) is 5.91 Å². The van der Waals surface area contributed by atoms with Gasteiger partial charge in [0.05, 0.1) is 0 Å². The molecule has 0 radical (unpaired) electrons. The molecule has 1 rings (SSSR count). The minimum Gasteiger partial charge on any atom is -0.366 e. The Morgan fingerprint density at radius 2 is 2.45 bits per heavy atom. The molecule has 0 bridgehead atoms. The van der Waals surface area contributed by atoms with Gasteiger partial charge in [-0.05, 0) is 12.1 Å². The summed E-state index contributed by atoms with van der Waals surface area (Å²) < 4.78 is 0. The highest BCUT2D eigenvalue weighted by molar-refractivity contribution is 5.92. The Morgan fingerprint density at radius 1 is 1.73 bits per heavy atom. The van der Waals surface area contributed by atoms with Gasteiger partial charge < -0.3 is 5.73 Å². The van der Waals surface area contributed by atoms with Gasteiger partial charge in [-0.3, -0.25) is 4.79 Å². The number of primary amides is 1. The van der Waals surface area contributed by atoms with Crippen LogP contribution in [0.3, 0.4) is 0 Å². The maximum Gasteiger partial charge on any atom is 0.248 e. The Balaban J connectivity index is 3.13. The Bertz CT molecular complexity index is 327. The third-order valence-electron chi connectivity index (χ3n) is 1.16. The molecule has 0 saturated heterocycles. The molecule has 0 unspecified atom stereocenters. The van der Waals surface area contributed by atoms with Crippen LogP contribution in [0.2, 0.25) is 0 Å². The fourth-order valence-electron chi connectivity index (χ4n) is 0.645. The summed E-state index contributed by atoms with van der Waals surface area (Å²) in [6.45, 7) is 0. The van der Waals surface area contributed by atoms with Crippen molar-refractivity contribution in [2.75, 3.05) is 0 Å². The van der Waals surface area contributed by atoms with Gasteiger partial charge in [0.25, 0.3) is 0 Å². The monoisotopic (exact) mass is 147 g/mol. The van der Waals surface area contributed by atoms with Crippen LogP contribution in [0.5, 0.6) is 0 Å². The number of carbonyl (C=O) groups is 1. The number of rotatable bonds is 1. The zero-order valence-electron chi connectivity index (χ0n) is 5.61. The zero-order chi connectivity index (χ0) is 8.27. The molecule has 0 saturated carbocycles. The van der Waals surface area contributed by atoms with E-state index in [1.807, 2.05) is 0 Å². The van der Waals surface area contributed by atoms with E-state index in [9.17, 15) is 4.79 Å². The summed E-state index contributed by atoms with van der Waals surface area (Å²) in [7, 11) is 0. The van der Waals surface area contributed by atoms with Crippen molar-refractivity contribution < 1.29 is 4.79 Å². The number of pyridine rings is 1. The van der Waals surface area contributed by atoms with Gasteiger partial charge in [-0.25, -0.2) is 4.98 Å². The lowest BCUT2D eigenvalue weighted by atomic mass is 10.2. The third kappa shape index (κ3) is 1.52. The summed E-state index contributed by atoms with van der Waals surface area (Å²) in [5.74, 6) is -0.552. The van der Waals surface area contributed by atoms with E-state index < -0.39 is 5.91 Å². The molecule has 1 amide bonds. The van der Waals surface area contributed by atoms with Crippen molar-refractivity contribution in [3.63, 3.8) is 0 Å². The van der Waals surface area contributed by atoms with Crippen molar-refractivity contribution in [3.05, 3.63) is 29.6 Å². The Morgan fingerprint density at radius 3 is 3.00 bits per heavy atom. The fraction of sp³-hybridized carbons (Fsp3) is 0. The van der Waals surface area contributed by atoms with E-state index in [0.29, 0.717) is 5.56 Å². The summed E-state index contributed by atoms with van der Waals surface area (Å²) in [5, 5.41) is 8.38. The van der Waals surface area contributed by atoms with E-state index in [4.69, 9.17) is 11.0 Å². The first-order chi connectivity index (χ1) is 5.24. The van der Waals surface area contributed by atoms with Crippen LogP contribution in [0, 0.1) is 11.3 Å². The van der Waals surface area contributed by atoms with Crippen LogP contribution in [-0.2, 0) is 0 Å². The van der Waals surface area contributed by atoms with Gasteiger partial charge in [-0.15, -0.1) is 0 Å². The van der Waals surface area contributed by atoms with Gasteiger partial charge in [-0.2, -0.15) is 5.26 Å². The molecule has 1 heterocycles. The smallest absolute Gasteiger partial charge is 0.248 e. The molecular weight excluding hydrogens is 142 g/mol. The number of hydrogen-bond donors (Lipinski definition) is 1. The lowest BCUT2D eigenvalue weighted by Gasteiger charge is -1.92. The summed E-state index contributed by atoms with van der Waals surface area (Å²) in [5.41, 5.74) is 5.46. The van der Waals surface area contributed by atoms with Gasteiger partial charge in [0.1, 0.15) is 11.8 Å². The Hall–Kier alpha value is -1.89. The van der Waals surface area contributed by atoms with Crippen molar-refractivity contribution in [2.45, 2.75) is 0 Å². The second-order valence-electron chi connectivity index (χ2n) is 1.91. The van der Waals surface area contributed by atoms with Crippen molar-refractivity contribution >= 4 is 5.91 Å². The molecule has 0 atom stereocenters. The first-order valence-electron chi connectivity index (χ1n) is 2.90. The van der Waals surface area contributed by atoms with Crippen LogP contribution in [0.25, 0.3) is 0 Å². The maximum absolute atomic E-state index is 10.6. The molecule has 2 N–H and O–H groups in total. The van der Waals surface area contributed by atoms with Crippen LogP contribution in [-0.4, -0.2) is 10.9 Å². The van der Waals surface area contributed by atoms with Crippen molar-refractivity contribution in [2.24, 2.45) is 5.73 Å². The SMILES string of the molecule is N#Cc1cc(C(N)=O)ccn1. The van der Waals surface area contributed by atoms with Gasteiger partial charge in [-0.1, -0.05) is 0 Å². The molecule has 0 spiro atoms. The average molecular weight is 147 g/mol. The summed E-state index contributed by atoms with van der Waals surface area (Å²) in [4.78, 5) is 14.2. The van der Waals surface area contributed by atoms with Crippen molar-refractivity contribution in [1.82, 2.24) is 4.98 Å². The first-order valence-corrected chi connectivity index (χ1v) is 2.90. The van der Waals surface area contributed by atoms with Crippen LogP contribution in [0.4, 0.5) is 0 Å². The third-order valence-corrected chi connectivity index (χ3v) is 1.16. The summed E-state index contributed by atoms with van der Waals surface area (Å²) >= 11 is 0. The minimum absolute atomic E-state index is 0.196. The van der Waals surface area contributed by atoms with E-state index in [1.165, 1.54) is 18.3 Å². The molecule has 0 aliphatic carbocycles. The molecule has 4 nitrogen and oxygen atoms in total. The standard InChI is InChI=1S/C7H5N3O/c8-4-6-3-5(7(9)11)1-2-10-6/h1-3H,(H2,9,11). The predicted octanol–water partition coefficient (Wildman–Crippen LogP) is 0.0522. The number of hydrogen-bond acceptors (Lipinski definition) is 3. The number of amides is 1. The second kappa shape index (κ2) is 2.80. The maximum atomic E-state index is 10.6. The largest absolute Gasteiger partial charge is 0.366 e. The number of aromatic nitrogens is 1. The fourth-order valence-corrected chi connectivity index (χ4v) is 0.645. The highest BCUT2D eigenvalue weighted by Crippen LogP contribution is 1.98. The van der Waals surface area contributed by atoms with E-state index >= 15 is 0 Å². The zero-order valence-corrected chi connectivity index (χ0v) is 5.61. The molecule has 0 aliphatic rings. The topological polar surface area (TPSA) is 79.8 Å². The van der Waals surface area contributed by atoms with Crippen LogP contribution in [0.15, 0.2) is 18.3 Å². The van der Waals surface area contributed by atoms with E-state index in [-0.39, 0.29) is 5.69 Å². The van der Waals surface area contributed by atoms with Crippen molar-refractivity contribution in [1.29, 1.82) is 5.26 Å². The molecule has 11 heavy (non-hydrogen) atoms. The Labute approximate surface area is 63.3 Å². The lowest BCUT2D eigenvalue weighted by molar-refractivity contribution is 0.1000.